The van der Waals surface area contributed by atoms with Gasteiger partial charge in [-0.15, -0.1) is 0 Å². The highest BCUT2D eigenvalue weighted by Crippen LogP contribution is 2.36. The third kappa shape index (κ3) is 3.90. The molecule has 0 spiro atoms. The Morgan fingerprint density at radius 3 is 2.05 bits per heavy atom. The minimum atomic E-state index is 0.106. The lowest BCUT2D eigenvalue weighted by molar-refractivity contribution is 0.0357. The van der Waals surface area contributed by atoms with Gasteiger partial charge in [0.1, 0.15) is 0 Å². The predicted octanol–water partition coefficient (Wildman–Crippen LogP) is 3.12. The van der Waals surface area contributed by atoms with E-state index in [2.05, 4.69) is 58.0 Å². The standard InChI is InChI=1S/C18H33N3O/c1-14-15(17(2,3)4)16(18(5,6)7)21(19-14)9-8-20-10-12-22-13-11-20/h8-13H2,1-7H3. The first-order chi connectivity index (χ1) is 10.1. The van der Waals surface area contributed by atoms with Crippen LogP contribution < -0.4 is 0 Å². The molecule has 4 nitrogen and oxygen atoms in total. The number of morpholine rings is 1. The van der Waals surface area contributed by atoms with Crippen LogP contribution in [-0.2, 0) is 22.1 Å². The van der Waals surface area contributed by atoms with E-state index in [9.17, 15) is 0 Å². The Morgan fingerprint density at radius 1 is 0.955 bits per heavy atom. The number of hydrogen-bond acceptors (Lipinski definition) is 3. The van der Waals surface area contributed by atoms with Gasteiger partial charge >= 0.3 is 0 Å². The molecule has 1 aromatic rings. The molecule has 1 aliphatic heterocycles. The van der Waals surface area contributed by atoms with Crippen molar-refractivity contribution in [2.45, 2.75) is 65.8 Å². The number of nitrogens with zero attached hydrogens (tertiary/aromatic N) is 3. The van der Waals surface area contributed by atoms with Crippen molar-refractivity contribution in [3.63, 3.8) is 0 Å². The van der Waals surface area contributed by atoms with Crippen LogP contribution in [0.15, 0.2) is 0 Å². The molecular weight excluding hydrogens is 274 g/mol. The lowest BCUT2D eigenvalue weighted by Crippen LogP contribution is -2.38. The normalized spacial score (nSPS) is 18.0. The summed E-state index contributed by atoms with van der Waals surface area (Å²) in [5.74, 6) is 0. The molecule has 0 saturated carbocycles. The van der Waals surface area contributed by atoms with Crippen LogP contribution in [0.2, 0.25) is 0 Å². The summed E-state index contributed by atoms with van der Waals surface area (Å²) in [4.78, 5) is 2.48. The lowest BCUT2D eigenvalue weighted by atomic mass is 9.78. The minimum absolute atomic E-state index is 0.106. The number of hydrogen-bond donors (Lipinski definition) is 0. The number of ether oxygens (including phenoxy) is 1. The summed E-state index contributed by atoms with van der Waals surface area (Å²) in [6.45, 7) is 21.7. The Kier molecular flexibility index (Phi) is 5.03. The van der Waals surface area contributed by atoms with Crippen LogP contribution in [0, 0.1) is 6.92 Å². The molecule has 126 valence electrons. The van der Waals surface area contributed by atoms with E-state index in [1.54, 1.807) is 0 Å². The van der Waals surface area contributed by atoms with Gasteiger partial charge < -0.3 is 4.74 Å². The Bertz CT molecular complexity index is 500. The van der Waals surface area contributed by atoms with Crippen molar-refractivity contribution in [3.8, 4) is 0 Å². The first-order valence-electron chi connectivity index (χ1n) is 8.49. The largest absolute Gasteiger partial charge is 0.379 e. The molecule has 0 amide bonds. The van der Waals surface area contributed by atoms with Crippen molar-refractivity contribution in [2.24, 2.45) is 0 Å². The van der Waals surface area contributed by atoms with E-state index in [-0.39, 0.29) is 10.8 Å². The average Bonchev–Trinajstić information content (AvgIpc) is 2.74. The second-order valence-electron chi connectivity index (χ2n) is 8.49. The molecule has 1 fully saturated rings. The van der Waals surface area contributed by atoms with Gasteiger partial charge in [-0.2, -0.15) is 5.10 Å². The zero-order valence-electron chi connectivity index (χ0n) is 15.5. The van der Waals surface area contributed by atoms with E-state index < -0.39 is 0 Å². The van der Waals surface area contributed by atoms with Gasteiger partial charge in [-0.25, -0.2) is 0 Å². The second-order valence-corrected chi connectivity index (χ2v) is 8.49. The smallest absolute Gasteiger partial charge is 0.0634 e. The van der Waals surface area contributed by atoms with Crippen LogP contribution in [0.25, 0.3) is 0 Å². The van der Waals surface area contributed by atoms with Crippen LogP contribution in [0.1, 0.15) is 58.5 Å². The number of aromatic nitrogens is 2. The maximum absolute atomic E-state index is 5.43. The quantitative estimate of drug-likeness (QED) is 0.859. The number of aryl methyl sites for hydroxylation is 1. The highest BCUT2D eigenvalue weighted by atomic mass is 16.5. The Labute approximate surface area is 135 Å². The first-order valence-corrected chi connectivity index (χ1v) is 8.49. The van der Waals surface area contributed by atoms with Crippen LogP contribution in [0.3, 0.4) is 0 Å². The van der Waals surface area contributed by atoms with Crippen molar-refractivity contribution in [2.75, 3.05) is 32.8 Å². The van der Waals surface area contributed by atoms with E-state index in [0.29, 0.717) is 0 Å². The molecule has 0 unspecified atom stereocenters. The summed E-state index contributed by atoms with van der Waals surface area (Å²) in [7, 11) is 0. The molecule has 2 rings (SSSR count). The van der Waals surface area contributed by atoms with Crippen LogP contribution >= 0.6 is 0 Å². The highest BCUT2D eigenvalue weighted by molar-refractivity contribution is 5.36. The fourth-order valence-corrected chi connectivity index (χ4v) is 3.46. The van der Waals surface area contributed by atoms with E-state index >= 15 is 0 Å². The molecule has 1 aliphatic rings. The second kappa shape index (κ2) is 6.32. The zero-order chi connectivity index (χ0) is 16.5. The summed E-state index contributed by atoms with van der Waals surface area (Å²) in [5.41, 5.74) is 4.23. The van der Waals surface area contributed by atoms with Gasteiger partial charge in [-0.1, -0.05) is 41.5 Å². The zero-order valence-corrected chi connectivity index (χ0v) is 15.5. The van der Waals surface area contributed by atoms with E-state index in [4.69, 9.17) is 9.84 Å². The molecule has 0 aromatic carbocycles. The van der Waals surface area contributed by atoms with Gasteiger partial charge in [0.2, 0.25) is 0 Å². The molecule has 1 saturated heterocycles. The molecule has 0 N–H and O–H groups in total. The lowest BCUT2D eigenvalue weighted by Gasteiger charge is -2.30. The molecule has 22 heavy (non-hydrogen) atoms. The average molecular weight is 307 g/mol. The monoisotopic (exact) mass is 307 g/mol. The Morgan fingerprint density at radius 2 is 1.55 bits per heavy atom. The summed E-state index contributed by atoms with van der Waals surface area (Å²) in [6.07, 6.45) is 0. The fourth-order valence-electron chi connectivity index (χ4n) is 3.46. The van der Waals surface area contributed by atoms with E-state index in [1.165, 1.54) is 17.0 Å². The van der Waals surface area contributed by atoms with Gasteiger partial charge in [0, 0.05) is 36.3 Å². The summed E-state index contributed by atoms with van der Waals surface area (Å²) in [6, 6.07) is 0. The molecule has 2 heterocycles. The van der Waals surface area contributed by atoms with Crippen LogP contribution in [0.5, 0.6) is 0 Å². The predicted molar refractivity (Wildman–Crippen MR) is 91.6 cm³/mol. The topological polar surface area (TPSA) is 30.3 Å². The van der Waals surface area contributed by atoms with Crippen LogP contribution in [0.4, 0.5) is 0 Å². The summed E-state index contributed by atoms with van der Waals surface area (Å²) in [5, 5.41) is 4.89. The van der Waals surface area contributed by atoms with E-state index in [0.717, 1.165) is 39.4 Å². The molecule has 0 radical (unpaired) electrons. The third-order valence-corrected chi connectivity index (χ3v) is 4.32. The molecule has 4 heteroatoms. The van der Waals surface area contributed by atoms with Crippen molar-refractivity contribution in [1.29, 1.82) is 0 Å². The minimum Gasteiger partial charge on any atom is -0.379 e. The molecule has 0 bridgehead atoms. The van der Waals surface area contributed by atoms with Crippen molar-refractivity contribution in [3.05, 3.63) is 17.0 Å². The van der Waals surface area contributed by atoms with Gasteiger partial charge in [0.05, 0.1) is 25.5 Å². The third-order valence-electron chi connectivity index (χ3n) is 4.32. The van der Waals surface area contributed by atoms with Gasteiger partial charge in [-0.3, -0.25) is 9.58 Å². The van der Waals surface area contributed by atoms with Crippen molar-refractivity contribution >= 4 is 0 Å². The molecule has 1 aromatic heterocycles. The highest BCUT2D eigenvalue weighted by Gasteiger charge is 2.32. The number of rotatable bonds is 3. The molecule has 0 atom stereocenters. The van der Waals surface area contributed by atoms with E-state index in [1.807, 2.05) is 0 Å². The molecular formula is C18H33N3O. The SMILES string of the molecule is Cc1nn(CCN2CCOCC2)c(C(C)(C)C)c1C(C)(C)C. The maximum atomic E-state index is 5.43. The Hall–Kier alpha value is -0.870. The summed E-state index contributed by atoms with van der Waals surface area (Å²) >= 11 is 0. The Balaban J connectivity index is 2.27. The summed E-state index contributed by atoms with van der Waals surface area (Å²) < 4.78 is 7.69. The van der Waals surface area contributed by atoms with Crippen molar-refractivity contribution < 1.29 is 4.74 Å². The fraction of sp³-hybridized carbons (Fsp3) is 0.833. The van der Waals surface area contributed by atoms with Crippen molar-refractivity contribution in [1.82, 2.24) is 14.7 Å². The van der Waals surface area contributed by atoms with Gasteiger partial charge in [-0.05, 0) is 12.3 Å². The van der Waals surface area contributed by atoms with Gasteiger partial charge in [0.15, 0.2) is 0 Å². The maximum Gasteiger partial charge on any atom is 0.0634 e. The first kappa shape index (κ1) is 17.5. The molecule has 0 aliphatic carbocycles. The van der Waals surface area contributed by atoms with Crippen LogP contribution in [-0.4, -0.2) is 47.5 Å². The van der Waals surface area contributed by atoms with Gasteiger partial charge in [0.25, 0.3) is 0 Å².